The summed E-state index contributed by atoms with van der Waals surface area (Å²) in [5.41, 5.74) is 2.16. The van der Waals surface area contributed by atoms with Crippen molar-refractivity contribution >= 4 is 17.1 Å². The van der Waals surface area contributed by atoms with Crippen molar-refractivity contribution in [1.82, 2.24) is 14.5 Å². The van der Waals surface area contributed by atoms with Gasteiger partial charge >= 0.3 is 6.09 Å². The summed E-state index contributed by atoms with van der Waals surface area (Å²) in [6, 6.07) is 8.46. The average molecular weight is 259 g/mol. The van der Waals surface area contributed by atoms with Crippen LogP contribution in [0, 0.1) is 6.92 Å². The minimum absolute atomic E-state index is 0.350. The number of piperidine rings is 1. The summed E-state index contributed by atoms with van der Waals surface area (Å²) >= 11 is 0. The predicted molar refractivity (Wildman–Crippen MR) is 72.3 cm³/mol. The quantitative estimate of drug-likeness (QED) is 0.856. The monoisotopic (exact) mass is 259 g/mol. The number of likely N-dealkylation sites (tertiary alicyclic amines) is 1. The number of carbonyl (C=O) groups is 1. The minimum Gasteiger partial charge on any atom is -0.465 e. The first kappa shape index (κ1) is 12.0. The predicted octanol–water partition coefficient (Wildman–Crippen LogP) is 2.66. The van der Waals surface area contributed by atoms with E-state index in [1.165, 1.54) is 4.90 Å². The summed E-state index contributed by atoms with van der Waals surface area (Å²) in [7, 11) is 0. The van der Waals surface area contributed by atoms with Gasteiger partial charge in [-0.2, -0.15) is 0 Å². The number of fused-ring (bicyclic) bond motifs is 1. The molecular formula is C14H17N3O2. The van der Waals surface area contributed by atoms with E-state index in [9.17, 15) is 4.79 Å². The van der Waals surface area contributed by atoms with Crippen LogP contribution in [0.25, 0.3) is 11.0 Å². The van der Waals surface area contributed by atoms with E-state index in [0.717, 1.165) is 29.7 Å². The fourth-order valence-corrected chi connectivity index (χ4v) is 2.94. The standard InChI is InChI=1S/C14H17N3O2/c1-10-15-12-4-2-3-5-13(12)17(10)11-6-8-16(9-7-11)14(18)19/h2-5,11H,6-9H2,1H3,(H,18,19). The van der Waals surface area contributed by atoms with Crippen LogP contribution >= 0.6 is 0 Å². The molecule has 1 aliphatic rings. The van der Waals surface area contributed by atoms with Gasteiger partial charge < -0.3 is 14.6 Å². The van der Waals surface area contributed by atoms with Gasteiger partial charge in [0.2, 0.25) is 0 Å². The third kappa shape index (κ3) is 2.05. The van der Waals surface area contributed by atoms with Crippen LogP contribution < -0.4 is 0 Å². The van der Waals surface area contributed by atoms with Crippen molar-refractivity contribution in [3.63, 3.8) is 0 Å². The van der Waals surface area contributed by atoms with Crippen molar-refractivity contribution in [2.75, 3.05) is 13.1 Å². The van der Waals surface area contributed by atoms with Crippen molar-refractivity contribution in [3.8, 4) is 0 Å². The lowest BCUT2D eigenvalue weighted by molar-refractivity contribution is 0.126. The van der Waals surface area contributed by atoms with Crippen molar-refractivity contribution in [2.45, 2.75) is 25.8 Å². The lowest BCUT2D eigenvalue weighted by atomic mass is 10.0. The number of aryl methyl sites for hydroxylation is 1. The van der Waals surface area contributed by atoms with Gasteiger partial charge in [0.1, 0.15) is 5.82 Å². The SMILES string of the molecule is Cc1nc2ccccc2n1C1CCN(C(=O)O)CC1. The molecule has 2 heterocycles. The molecule has 19 heavy (non-hydrogen) atoms. The van der Waals surface area contributed by atoms with E-state index in [-0.39, 0.29) is 0 Å². The third-order valence-electron chi connectivity index (χ3n) is 3.87. The van der Waals surface area contributed by atoms with Crippen LogP contribution in [-0.2, 0) is 0 Å². The second-order valence-electron chi connectivity index (χ2n) is 5.02. The number of aromatic nitrogens is 2. The second-order valence-corrected chi connectivity index (χ2v) is 5.02. The van der Waals surface area contributed by atoms with E-state index >= 15 is 0 Å². The van der Waals surface area contributed by atoms with E-state index in [1.807, 2.05) is 25.1 Å². The second kappa shape index (κ2) is 4.57. The van der Waals surface area contributed by atoms with Crippen LogP contribution in [-0.4, -0.2) is 38.7 Å². The Morgan fingerprint density at radius 1 is 1.32 bits per heavy atom. The number of para-hydroxylation sites is 2. The van der Waals surface area contributed by atoms with Crippen LogP contribution in [0.1, 0.15) is 24.7 Å². The van der Waals surface area contributed by atoms with E-state index in [0.29, 0.717) is 19.1 Å². The molecule has 1 fully saturated rings. The van der Waals surface area contributed by atoms with Gasteiger partial charge in [-0.15, -0.1) is 0 Å². The van der Waals surface area contributed by atoms with Gasteiger partial charge in [0.05, 0.1) is 11.0 Å². The Morgan fingerprint density at radius 3 is 2.68 bits per heavy atom. The molecule has 1 N–H and O–H groups in total. The molecule has 1 aromatic heterocycles. The van der Waals surface area contributed by atoms with Gasteiger partial charge in [-0.25, -0.2) is 9.78 Å². The molecule has 0 bridgehead atoms. The molecule has 0 saturated carbocycles. The molecule has 0 unspecified atom stereocenters. The van der Waals surface area contributed by atoms with Gasteiger partial charge in [-0.3, -0.25) is 0 Å². The Kier molecular flexibility index (Phi) is 2.89. The fourth-order valence-electron chi connectivity index (χ4n) is 2.94. The van der Waals surface area contributed by atoms with Crippen LogP contribution in [0.2, 0.25) is 0 Å². The molecule has 0 radical (unpaired) electrons. The average Bonchev–Trinajstić information content (AvgIpc) is 2.74. The van der Waals surface area contributed by atoms with E-state index in [1.54, 1.807) is 0 Å². The number of benzene rings is 1. The zero-order chi connectivity index (χ0) is 13.4. The molecule has 1 aliphatic heterocycles. The first-order valence-electron chi connectivity index (χ1n) is 6.58. The van der Waals surface area contributed by atoms with Gasteiger partial charge in [0.15, 0.2) is 0 Å². The van der Waals surface area contributed by atoms with Crippen molar-refractivity contribution in [1.29, 1.82) is 0 Å². The molecule has 100 valence electrons. The van der Waals surface area contributed by atoms with Crippen LogP contribution in [0.15, 0.2) is 24.3 Å². The highest BCUT2D eigenvalue weighted by molar-refractivity contribution is 5.76. The van der Waals surface area contributed by atoms with Crippen LogP contribution in [0.4, 0.5) is 4.79 Å². The Balaban J connectivity index is 1.89. The van der Waals surface area contributed by atoms with Gasteiger partial charge in [-0.05, 0) is 31.9 Å². The van der Waals surface area contributed by atoms with Crippen LogP contribution in [0.3, 0.4) is 0 Å². The number of carboxylic acid groups (broad SMARTS) is 1. The maximum absolute atomic E-state index is 10.9. The Bertz CT molecular complexity index is 612. The largest absolute Gasteiger partial charge is 0.465 e. The number of hydrogen-bond acceptors (Lipinski definition) is 2. The highest BCUT2D eigenvalue weighted by Crippen LogP contribution is 2.28. The summed E-state index contributed by atoms with van der Waals surface area (Å²) in [4.78, 5) is 17.0. The van der Waals surface area contributed by atoms with Gasteiger partial charge in [-0.1, -0.05) is 12.1 Å². The smallest absolute Gasteiger partial charge is 0.407 e. The minimum atomic E-state index is -0.814. The number of rotatable bonds is 1. The molecular weight excluding hydrogens is 242 g/mol. The van der Waals surface area contributed by atoms with Crippen LogP contribution in [0.5, 0.6) is 0 Å². The molecule has 0 aliphatic carbocycles. The maximum Gasteiger partial charge on any atom is 0.407 e. The summed E-state index contributed by atoms with van der Waals surface area (Å²) in [6.07, 6.45) is 0.895. The summed E-state index contributed by atoms with van der Waals surface area (Å²) in [5.74, 6) is 1.01. The maximum atomic E-state index is 10.9. The number of amides is 1. The highest BCUT2D eigenvalue weighted by Gasteiger charge is 2.25. The lowest BCUT2D eigenvalue weighted by Gasteiger charge is -2.31. The van der Waals surface area contributed by atoms with E-state index in [2.05, 4.69) is 15.6 Å². The Hall–Kier alpha value is -2.04. The Morgan fingerprint density at radius 2 is 2.00 bits per heavy atom. The highest BCUT2D eigenvalue weighted by atomic mass is 16.4. The number of hydrogen-bond donors (Lipinski definition) is 1. The molecule has 1 saturated heterocycles. The normalized spacial score (nSPS) is 17.0. The lowest BCUT2D eigenvalue weighted by Crippen LogP contribution is -2.38. The molecule has 1 aromatic carbocycles. The first-order chi connectivity index (χ1) is 9.16. The van der Waals surface area contributed by atoms with Gasteiger partial charge in [0, 0.05) is 19.1 Å². The summed E-state index contributed by atoms with van der Waals surface area (Å²) in [5, 5.41) is 8.99. The Labute approximate surface area is 111 Å². The van der Waals surface area contributed by atoms with E-state index < -0.39 is 6.09 Å². The number of nitrogens with zero attached hydrogens (tertiary/aromatic N) is 3. The first-order valence-corrected chi connectivity index (χ1v) is 6.58. The zero-order valence-corrected chi connectivity index (χ0v) is 10.9. The number of imidazole rings is 1. The van der Waals surface area contributed by atoms with Crippen molar-refractivity contribution < 1.29 is 9.90 Å². The third-order valence-corrected chi connectivity index (χ3v) is 3.87. The molecule has 0 atom stereocenters. The summed E-state index contributed by atoms with van der Waals surface area (Å²) in [6.45, 7) is 3.22. The molecule has 5 nitrogen and oxygen atoms in total. The van der Waals surface area contributed by atoms with E-state index in [4.69, 9.17) is 5.11 Å². The van der Waals surface area contributed by atoms with Crippen molar-refractivity contribution in [3.05, 3.63) is 30.1 Å². The zero-order valence-electron chi connectivity index (χ0n) is 10.9. The fraction of sp³-hybridized carbons (Fsp3) is 0.429. The van der Waals surface area contributed by atoms with Crippen molar-refractivity contribution in [2.24, 2.45) is 0 Å². The van der Waals surface area contributed by atoms with Gasteiger partial charge in [0.25, 0.3) is 0 Å². The molecule has 5 heteroatoms. The molecule has 3 rings (SSSR count). The topological polar surface area (TPSA) is 58.4 Å². The summed E-state index contributed by atoms with van der Waals surface area (Å²) < 4.78 is 2.26. The molecule has 0 spiro atoms. The molecule has 2 aromatic rings. The molecule has 1 amide bonds.